The third-order valence-corrected chi connectivity index (χ3v) is 10.9. The highest BCUT2D eigenvalue weighted by Crippen LogP contribution is 2.47. The molecule has 0 aromatic rings. The van der Waals surface area contributed by atoms with Crippen molar-refractivity contribution < 1.29 is 58.3 Å². The number of esters is 1. The number of carbonyl (C=O) groups is 1. The van der Waals surface area contributed by atoms with E-state index in [1.807, 2.05) is 0 Å². The van der Waals surface area contributed by atoms with Gasteiger partial charge in [0.25, 0.3) is 0 Å². The fourth-order valence-electron chi connectivity index (χ4n) is 6.38. The maximum Gasteiger partial charge on any atom is 0.472 e. The number of hydrogen-bond acceptors (Lipinski definition) is 11. The topological polar surface area (TPSA) is 192 Å². The first kappa shape index (κ1) is 54.1. The van der Waals surface area contributed by atoms with Gasteiger partial charge in [-0.05, 0) is 57.8 Å². The number of aliphatic hydroxyl groups is 5. The number of ether oxygens (including phenoxy) is 2. The summed E-state index contributed by atoms with van der Waals surface area (Å²) >= 11 is 0. The Labute approximate surface area is 349 Å². The van der Waals surface area contributed by atoms with Gasteiger partial charge in [0.05, 0.1) is 13.2 Å². The molecule has 1 aliphatic carbocycles. The molecule has 1 aliphatic rings. The fourth-order valence-corrected chi connectivity index (χ4v) is 7.35. The smallest absolute Gasteiger partial charge is 0.457 e. The fraction of sp³-hybridized carbons (Fsp3) is 0.756. The minimum absolute atomic E-state index is 0.0844. The molecular weight excluding hydrogens is 763 g/mol. The molecule has 0 radical (unpaired) electrons. The summed E-state index contributed by atoms with van der Waals surface area (Å²) in [6.45, 7) is 4.05. The summed E-state index contributed by atoms with van der Waals surface area (Å²) < 4.78 is 34.0. The molecule has 0 aromatic carbocycles. The van der Waals surface area contributed by atoms with E-state index >= 15 is 0 Å². The van der Waals surface area contributed by atoms with Gasteiger partial charge < -0.3 is 39.9 Å². The van der Waals surface area contributed by atoms with E-state index in [2.05, 4.69) is 74.6 Å². The van der Waals surface area contributed by atoms with Gasteiger partial charge in [-0.15, -0.1) is 0 Å². The van der Waals surface area contributed by atoms with Crippen LogP contribution in [0.1, 0.15) is 155 Å². The highest BCUT2D eigenvalue weighted by Gasteiger charge is 2.51. The molecule has 0 saturated heterocycles. The minimum atomic E-state index is -5.01. The van der Waals surface area contributed by atoms with E-state index in [-0.39, 0.29) is 13.0 Å². The molecule has 6 N–H and O–H groups in total. The Kier molecular flexibility index (Phi) is 33.3. The Hall–Kier alpha value is -1.96. The van der Waals surface area contributed by atoms with Crippen LogP contribution in [0.2, 0.25) is 0 Å². The van der Waals surface area contributed by atoms with Crippen molar-refractivity contribution in [1.82, 2.24) is 0 Å². The van der Waals surface area contributed by atoms with Gasteiger partial charge in [-0.2, -0.15) is 0 Å². The Morgan fingerprint density at radius 1 is 0.569 bits per heavy atom. The maximum atomic E-state index is 12.7. The summed E-state index contributed by atoms with van der Waals surface area (Å²) in [7, 11) is -5.01. The van der Waals surface area contributed by atoms with Crippen molar-refractivity contribution >= 4 is 13.8 Å². The van der Waals surface area contributed by atoms with Crippen LogP contribution in [-0.2, 0) is 27.9 Å². The first-order valence-corrected chi connectivity index (χ1v) is 23.6. The van der Waals surface area contributed by atoms with Crippen molar-refractivity contribution in [2.45, 2.75) is 198 Å². The second kappa shape index (κ2) is 35.8. The van der Waals surface area contributed by atoms with Crippen LogP contribution >= 0.6 is 7.82 Å². The van der Waals surface area contributed by atoms with Crippen molar-refractivity contribution in [3.8, 4) is 0 Å². The lowest BCUT2D eigenvalue weighted by atomic mass is 9.85. The Bertz CT molecular complexity index is 1190. The number of rotatable bonds is 36. The summed E-state index contributed by atoms with van der Waals surface area (Å²) in [5.74, 6) is -0.490. The molecule has 1 saturated carbocycles. The van der Waals surface area contributed by atoms with Gasteiger partial charge in [0.15, 0.2) is 0 Å². The summed E-state index contributed by atoms with van der Waals surface area (Å²) in [4.78, 5) is 22.9. The Morgan fingerprint density at radius 2 is 1.02 bits per heavy atom. The zero-order valence-electron chi connectivity index (χ0n) is 35.6. The normalized spacial score (nSPS) is 23.2. The van der Waals surface area contributed by atoms with Crippen molar-refractivity contribution in [1.29, 1.82) is 0 Å². The first-order chi connectivity index (χ1) is 28.0. The number of hydrogen-bond donors (Lipinski definition) is 6. The summed E-state index contributed by atoms with van der Waals surface area (Å²) in [5, 5.41) is 50.0. The third-order valence-electron chi connectivity index (χ3n) is 9.90. The third kappa shape index (κ3) is 27.7. The average molecular weight is 843 g/mol. The highest BCUT2D eigenvalue weighted by molar-refractivity contribution is 7.47. The zero-order chi connectivity index (χ0) is 42.7. The molecule has 58 heavy (non-hydrogen) atoms. The number of phosphoric ester groups is 1. The maximum absolute atomic E-state index is 12.7. The van der Waals surface area contributed by atoms with Crippen LogP contribution in [0.4, 0.5) is 0 Å². The largest absolute Gasteiger partial charge is 0.472 e. The lowest BCUT2D eigenvalue weighted by Crippen LogP contribution is -2.64. The number of carbonyl (C=O) groups excluding carboxylic acids is 1. The van der Waals surface area contributed by atoms with E-state index < -0.39 is 63.1 Å². The Balaban J connectivity index is 2.30. The van der Waals surface area contributed by atoms with Crippen LogP contribution in [0.25, 0.3) is 0 Å². The van der Waals surface area contributed by atoms with Gasteiger partial charge in [0.1, 0.15) is 42.7 Å². The van der Waals surface area contributed by atoms with Crippen molar-refractivity contribution in [2.75, 3.05) is 19.8 Å². The molecule has 0 bridgehead atoms. The molecular formula is C45H79O12P. The van der Waals surface area contributed by atoms with Crippen molar-refractivity contribution in [2.24, 2.45) is 0 Å². The predicted molar refractivity (Wildman–Crippen MR) is 230 cm³/mol. The molecule has 13 heteroatoms. The van der Waals surface area contributed by atoms with Crippen LogP contribution < -0.4 is 0 Å². The number of allylic oxidation sites excluding steroid dienone is 10. The second-order valence-electron chi connectivity index (χ2n) is 15.2. The van der Waals surface area contributed by atoms with E-state index in [4.69, 9.17) is 18.5 Å². The average Bonchev–Trinajstić information content (AvgIpc) is 3.20. The Morgan fingerprint density at radius 3 is 1.55 bits per heavy atom. The highest BCUT2D eigenvalue weighted by atomic mass is 31.2. The van der Waals surface area contributed by atoms with Gasteiger partial charge in [0, 0.05) is 13.0 Å². The van der Waals surface area contributed by atoms with Crippen LogP contribution in [0.3, 0.4) is 0 Å². The summed E-state index contributed by atoms with van der Waals surface area (Å²) in [5.41, 5.74) is 0. The van der Waals surface area contributed by atoms with E-state index in [1.165, 1.54) is 38.5 Å². The zero-order valence-corrected chi connectivity index (χ0v) is 36.5. The van der Waals surface area contributed by atoms with Crippen LogP contribution in [-0.4, -0.2) is 98.9 Å². The second-order valence-corrected chi connectivity index (χ2v) is 16.6. The van der Waals surface area contributed by atoms with Gasteiger partial charge in [-0.25, -0.2) is 4.57 Å². The van der Waals surface area contributed by atoms with Gasteiger partial charge in [0.2, 0.25) is 0 Å². The molecule has 1 fully saturated rings. The summed E-state index contributed by atoms with van der Waals surface area (Å²) in [6, 6.07) is 0. The van der Waals surface area contributed by atoms with Crippen molar-refractivity contribution in [3.05, 3.63) is 60.8 Å². The quantitative estimate of drug-likeness (QED) is 0.0153. The summed E-state index contributed by atoms with van der Waals surface area (Å²) in [6.07, 6.45) is 31.9. The standard InChI is InChI=1S/C45H79O12P/c1-3-5-7-9-11-12-13-14-15-16-17-18-19-20-21-22-23-24-25-26-27-29-31-33-35-54-36-38(56-39(46)34-32-30-28-10-8-6-4-2)37-55-58(52,53)57-45-43(50)41(48)40(47)42(49)44(45)51/h5,7,11-12,14-15,17-18,20-21,38,40-45,47-51H,3-4,6,8-10,13,16,19,22-37H2,1-2H3,(H,52,53)/b7-5-,12-11-,15-14-,18-17-,21-20-. The van der Waals surface area contributed by atoms with E-state index in [0.717, 1.165) is 89.9 Å². The van der Waals surface area contributed by atoms with Crippen LogP contribution in [0.5, 0.6) is 0 Å². The lowest BCUT2D eigenvalue weighted by molar-refractivity contribution is -0.220. The van der Waals surface area contributed by atoms with Gasteiger partial charge in [-0.1, -0.05) is 152 Å². The number of phosphoric acid groups is 1. The molecule has 6 unspecified atom stereocenters. The molecule has 336 valence electrons. The molecule has 0 heterocycles. The number of unbranched alkanes of at least 4 members (excludes halogenated alkanes) is 14. The van der Waals surface area contributed by atoms with Crippen molar-refractivity contribution in [3.63, 3.8) is 0 Å². The molecule has 0 amide bonds. The monoisotopic (exact) mass is 843 g/mol. The predicted octanol–water partition coefficient (Wildman–Crippen LogP) is 8.64. The van der Waals surface area contributed by atoms with E-state index in [1.54, 1.807) is 0 Å². The van der Waals surface area contributed by atoms with Gasteiger partial charge in [-0.3, -0.25) is 13.8 Å². The van der Waals surface area contributed by atoms with Gasteiger partial charge >= 0.3 is 13.8 Å². The van der Waals surface area contributed by atoms with Crippen LogP contribution in [0, 0.1) is 0 Å². The first-order valence-electron chi connectivity index (χ1n) is 22.1. The van der Waals surface area contributed by atoms with E-state index in [9.17, 15) is 39.8 Å². The molecule has 1 rings (SSSR count). The molecule has 0 spiro atoms. The molecule has 0 aromatic heterocycles. The number of aliphatic hydroxyl groups excluding tert-OH is 5. The molecule has 12 nitrogen and oxygen atoms in total. The molecule has 6 atom stereocenters. The van der Waals surface area contributed by atoms with E-state index in [0.29, 0.717) is 13.0 Å². The SMILES string of the molecule is CC/C=C\C/C=C\C/C=C\C/C=C\C/C=C\CCCCCCCCCCOCC(COP(=O)(O)OC1C(O)C(O)C(O)C(O)C1O)OC(=O)CCCCCCCCC. The molecule has 0 aliphatic heterocycles. The van der Waals surface area contributed by atoms with Crippen LogP contribution in [0.15, 0.2) is 60.8 Å². The lowest BCUT2D eigenvalue weighted by Gasteiger charge is -2.41. The minimum Gasteiger partial charge on any atom is -0.457 e.